The number of benzene rings is 3. The van der Waals surface area contributed by atoms with Gasteiger partial charge in [-0.2, -0.15) is 0 Å². The predicted octanol–water partition coefficient (Wildman–Crippen LogP) is 6.96. The summed E-state index contributed by atoms with van der Waals surface area (Å²) in [6.45, 7) is 1.98. The maximum absolute atomic E-state index is 14.3. The molecule has 5 nitrogen and oxygen atoms in total. The van der Waals surface area contributed by atoms with E-state index in [1.807, 2.05) is 23.6 Å². The van der Waals surface area contributed by atoms with Gasteiger partial charge in [0.2, 0.25) is 0 Å². The van der Waals surface area contributed by atoms with E-state index in [1.165, 1.54) is 13.2 Å². The van der Waals surface area contributed by atoms with Crippen LogP contribution < -0.4 is 10.5 Å². The SMILES string of the molecule is COC(=O)c1cc(N)cc(-n2c(C)ccc2-c2cc(Cl)ccc2OCc2ccc(Br)cc2F)c1. The number of methoxy groups -OCH3 is 1. The topological polar surface area (TPSA) is 66.5 Å². The number of hydrogen-bond acceptors (Lipinski definition) is 4. The molecule has 0 saturated heterocycles. The van der Waals surface area contributed by atoms with Crippen LogP contribution in [0.15, 0.2) is 71.2 Å². The Morgan fingerprint density at radius 2 is 1.88 bits per heavy atom. The summed E-state index contributed by atoms with van der Waals surface area (Å²) < 4.78 is 27.8. The molecule has 8 heteroatoms. The van der Waals surface area contributed by atoms with Crippen LogP contribution in [0.1, 0.15) is 21.6 Å². The van der Waals surface area contributed by atoms with Crippen molar-refractivity contribution in [2.24, 2.45) is 0 Å². The van der Waals surface area contributed by atoms with Crippen LogP contribution in [0.3, 0.4) is 0 Å². The van der Waals surface area contributed by atoms with Crippen molar-refractivity contribution in [1.82, 2.24) is 4.57 Å². The fraction of sp³-hybridized carbons (Fsp3) is 0.115. The third-order valence-electron chi connectivity index (χ3n) is 5.31. The second kappa shape index (κ2) is 9.91. The molecule has 0 amide bonds. The van der Waals surface area contributed by atoms with Gasteiger partial charge in [0.25, 0.3) is 0 Å². The minimum Gasteiger partial charge on any atom is -0.488 e. The van der Waals surface area contributed by atoms with Crippen LogP contribution in [0.4, 0.5) is 10.1 Å². The average molecular weight is 544 g/mol. The maximum atomic E-state index is 14.3. The summed E-state index contributed by atoms with van der Waals surface area (Å²) >= 11 is 9.59. The number of nitrogen functional groups attached to an aromatic ring is 1. The number of halogens is 3. The van der Waals surface area contributed by atoms with Crippen LogP contribution in [-0.4, -0.2) is 17.6 Å². The van der Waals surface area contributed by atoms with Gasteiger partial charge >= 0.3 is 5.97 Å². The molecular formula is C26H21BrClFN2O3. The third-order valence-corrected chi connectivity index (χ3v) is 6.04. The second-order valence-electron chi connectivity index (χ2n) is 7.67. The minimum atomic E-state index is -0.483. The lowest BCUT2D eigenvalue weighted by Crippen LogP contribution is -2.07. The standard InChI is InChI=1S/C26H21BrClFN2O3/c1-15-3-7-24(31(15)21-10-17(26(32)33-2)9-20(30)13-21)22-12-19(28)6-8-25(22)34-14-16-4-5-18(27)11-23(16)29/h3-13H,14,30H2,1-2H3. The van der Waals surface area contributed by atoms with Crippen molar-refractivity contribution in [3.05, 3.63) is 98.9 Å². The molecule has 0 spiro atoms. The second-order valence-corrected chi connectivity index (χ2v) is 9.02. The van der Waals surface area contributed by atoms with E-state index in [2.05, 4.69) is 15.9 Å². The zero-order chi connectivity index (χ0) is 24.4. The van der Waals surface area contributed by atoms with E-state index >= 15 is 0 Å². The number of anilines is 1. The van der Waals surface area contributed by atoms with Crippen LogP contribution in [0.5, 0.6) is 5.75 Å². The highest BCUT2D eigenvalue weighted by atomic mass is 79.9. The Hall–Kier alpha value is -3.29. The van der Waals surface area contributed by atoms with E-state index in [-0.39, 0.29) is 12.4 Å². The molecular weight excluding hydrogens is 523 g/mol. The van der Waals surface area contributed by atoms with Gasteiger partial charge in [0.05, 0.1) is 18.4 Å². The molecule has 3 aromatic carbocycles. The first-order chi connectivity index (χ1) is 16.3. The van der Waals surface area contributed by atoms with Crippen LogP contribution in [0, 0.1) is 12.7 Å². The summed E-state index contributed by atoms with van der Waals surface area (Å²) in [5, 5.41) is 0.519. The van der Waals surface area contributed by atoms with Gasteiger partial charge in [0.15, 0.2) is 0 Å². The lowest BCUT2D eigenvalue weighted by Gasteiger charge is -2.17. The fourth-order valence-electron chi connectivity index (χ4n) is 3.71. The lowest BCUT2D eigenvalue weighted by atomic mass is 10.1. The highest BCUT2D eigenvalue weighted by Crippen LogP contribution is 2.36. The van der Waals surface area contributed by atoms with Crippen molar-refractivity contribution >= 4 is 39.2 Å². The molecule has 0 fully saturated rings. The number of aromatic nitrogens is 1. The average Bonchev–Trinajstić information content (AvgIpc) is 3.19. The van der Waals surface area contributed by atoms with Crippen molar-refractivity contribution in [1.29, 1.82) is 0 Å². The number of carbonyl (C=O) groups is 1. The van der Waals surface area contributed by atoms with Crippen LogP contribution in [-0.2, 0) is 11.3 Å². The number of rotatable bonds is 6. The Morgan fingerprint density at radius 3 is 2.62 bits per heavy atom. The maximum Gasteiger partial charge on any atom is 0.337 e. The zero-order valence-electron chi connectivity index (χ0n) is 18.4. The van der Waals surface area contributed by atoms with Crippen LogP contribution >= 0.6 is 27.5 Å². The molecule has 1 aromatic heterocycles. The summed E-state index contributed by atoms with van der Waals surface area (Å²) in [5.74, 6) is -0.314. The van der Waals surface area contributed by atoms with Gasteiger partial charge in [-0.05, 0) is 67.6 Å². The molecule has 1 heterocycles. The van der Waals surface area contributed by atoms with Crippen LogP contribution in [0.2, 0.25) is 5.02 Å². The van der Waals surface area contributed by atoms with Crippen molar-refractivity contribution in [3.8, 4) is 22.7 Å². The Kier molecular flexibility index (Phi) is 6.95. The normalized spacial score (nSPS) is 10.9. The zero-order valence-corrected chi connectivity index (χ0v) is 20.8. The smallest absolute Gasteiger partial charge is 0.337 e. The minimum absolute atomic E-state index is 0.0399. The van der Waals surface area contributed by atoms with Gasteiger partial charge < -0.3 is 19.8 Å². The summed E-state index contributed by atoms with van der Waals surface area (Å²) in [6, 6.07) is 19.0. The highest BCUT2D eigenvalue weighted by Gasteiger charge is 2.17. The Morgan fingerprint density at radius 1 is 1.09 bits per heavy atom. The molecule has 4 aromatic rings. The molecule has 0 atom stereocenters. The Labute approximate surface area is 210 Å². The van der Waals surface area contributed by atoms with Gasteiger partial charge in [-0.3, -0.25) is 0 Å². The first kappa shape index (κ1) is 23.9. The van der Waals surface area contributed by atoms with Crippen molar-refractivity contribution in [3.63, 3.8) is 0 Å². The van der Waals surface area contributed by atoms with E-state index in [0.717, 1.165) is 11.4 Å². The molecule has 34 heavy (non-hydrogen) atoms. The van der Waals surface area contributed by atoms with Crippen LogP contribution in [0.25, 0.3) is 16.9 Å². The number of nitrogens with two attached hydrogens (primary N) is 1. The highest BCUT2D eigenvalue weighted by molar-refractivity contribution is 9.10. The molecule has 0 radical (unpaired) electrons. The van der Waals surface area contributed by atoms with E-state index in [4.69, 9.17) is 26.8 Å². The summed E-state index contributed by atoms with van der Waals surface area (Å²) in [4.78, 5) is 12.1. The first-order valence-corrected chi connectivity index (χ1v) is 11.5. The third kappa shape index (κ3) is 4.95. The molecule has 0 bridgehead atoms. The van der Waals surface area contributed by atoms with Gasteiger partial charge in [-0.15, -0.1) is 0 Å². The summed E-state index contributed by atoms with van der Waals surface area (Å²) in [6.07, 6.45) is 0. The molecule has 0 unspecified atom stereocenters. The molecule has 0 aliphatic heterocycles. The Balaban J connectivity index is 1.78. The molecule has 0 saturated carbocycles. The molecule has 0 aliphatic carbocycles. The molecule has 0 aliphatic rings. The number of nitrogens with zero attached hydrogens (tertiary/aromatic N) is 1. The molecule has 174 valence electrons. The molecule has 2 N–H and O–H groups in total. The van der Waals surface area contributed by atoms with Gasteiger partial charge in [-0.25, -0.2) is 9.18 Å². The largest absolute Gasteiger partial charge is 0.488 e. The number of esters is 1. The first-order valence-electron chi connectivity index (χ1n) is 10.3. The predicted molar refractivity (Wildman–Crippen MR) is 135 cm³/mol. The summed E-state index contributed by atoms with van der Waals surface area (Å²) in [7, 11) is 1.32. The van der Waals surface area contributed by atoms with E-state index in [9.17, 15) is 9.18 Å². The number of ether oxygens (including phenoxy) is 2. The Bertz CT molecular complexity index is 1390. The van der Waals surface area contributed by atoms with E-state index in [0.29, 0.717) is 43.3 Å². The number of hydrogen-bond donors (Lipinski definition) is 1. The van der Waals surface area contributed by atoms with Gasteiger partial charge in [0, 0.05) is 37.7 Å². The van der Waals surface area contributed by atoms with Crippen molar-refractivity contribution in [2.75, 3.05) is 12.8 Å². The van der Waals surface area contributed by atoms with Crippen molar-refractivity contribution < 1.29 is 18.7 Å². The lowest BCUT2D eigenvalue weighted by molar-refractivity contribution is 0.0600. The van der Waals surface area contributed by atoms with Gasteiger partial charge in [0.1, 0.15) is 18.2 Å². The number of carbonyl (C=O) groups excluding carboxylic acids is 1. The van der Waals surface area contributed by atoms with Crippen molar-refractivity contribution in [2.45, 2.75) is 13.5 Å². The van der Waals surface area contributed by atoms with Gasteiger partial charge in [-0.1, -0.05) is 33.6 Å². The van der Waals surface area contributed by atoms with E-state index in [1.54, 1.807) is 48.5 Å². The number of aryl methyl sites for hydroxylation is 1. The molecule has 4 rings (SSSR count). The summed E-state index contributed by atoms with van der Waals surface area (Å²) in [5.41, 5.74) is 10.3. The quantitative estimate of drug-likeness (QED) is 0.211. The monoisotopic (exact) mass is 542 g/mol. The van der Waals surface area contributed by atoms with E-state index < -0.39 is 5.97 Å². The fourth-order valence-corrected chi connectivity index (χ4v) is 4.22.